The second-order valence-electron chi connectivity index (χ2n) is 5.60. The largest absolute Gasteiger partial charge is 0.276 e. The van der Waals surface area contributed by atoms with Gasteiger partial charge in [-0.2, -0.15) is 20.4 Å². The summed E-state index contributed by atoms with van der Waals surface area (Å²) in [5.74, 6) is 0. The first-order chi connectivity index (χ1) is 12.9. The van der Waals surface area contributed by atoms with Crippen LogP contribution >= 0.6 is 0 Å². The summed E-state index contributed by atoms with van der Waals surface area (Å²) in [6.07, 6.45) is 14.3. The van der Waals surface area contributed by atoms with Gasteiger partial charge < -0.3 is 0 Å². The van der Waals surface area contributed by atoms with E-state index in [0.29, 0.717) is 13.1 Å². The van der Waals surface area contributed by atoms with Crippen LogP contribution in [0.25, 0.3) is 0 Å². The summed E-state index contributed by atoms with van der Waals surface area (Å²) in [6.45, 7) is 1.40. The monoisotopic (exact) mass is 352 g/mol. The van der Waals surface area contributed by atoms with Crippen molar-refractivity contribution in [2.24, 2.45) is 0 Å². The van der Waals surface area contributed by atoms with Crippen molar-refractivity contribution in [2.45, 2.75) is 12.6 Å². The first kappa shape index (κ1) is 16.2. The van der Waals surface area contributed by atoms with Crippen molar-refractivity contribution in [1.29, 1.82) is 0 Å². The Balaban J connectivity index is 1.38. The summed E-state index contributed by atoms with van der Waals surface area (Å²) in [6, 6.07) is 7.56. The lowest BCUT2D eigenvalue weighted by molar-refractivity contribution is 0.267. The average molecular weight is 352 g/mol. The van der Waals surface area contributed by atoms with Gasteiger partial charge in [0, 0.05) is 62.7 Å². The molecule has 0 unspecified atom stereocenters. The first-order valence-corrected chi connectivity index (χ1v) is 8.35. The molecule has 0 aliphatic heterocycles. The predicted octanol–water partition coefficient (Wildman–Crippen LogP) is 0.361. The minimum absolute atomic E-state index is 0.186. The number of hydrogen-bond donors (Lipinski definition) is 2. The topological polar surface area (TPSA) is 95.3 Å². The molecule has 0 saturated carbocycles. The van der Waals surface area contributed by atoms with E-state index in [2.05, 4.69) is 31.0 Å². The third-order valence-corrected chi connectivity index (χ3v) is 3.88. The van der Waals surface area contributed by atoms with E-state index in [1.807, 2.05) is 67.8 Å². The SMILES string of the molecule is c1cnn(C(NCCNC(n2cccn2)n2cccn2)n2cccn2)c1. The zero-order valence-electron chi connectivity index (χ0n) is 14.1. The number of aromatic nitrogens is 8. The van der Waals surface area contributed by atoms with E-state index in [9.17, 15) is 0 Å². The van der Waals surface area contributed by atoms with E-state index in [4.69, 9.17) is 0 Å². The molecular formula is C16H20N10. The third-order valence-electron chi connectivity index (χ3n) is 3.88. The Morgan fingerprint density at radius 3 is 1.08 bits per heavy atom. The van der Waals surface area contributed by atoms with Gasteiger partial charge in [0.1, 0.15) is 0 Å². The van der Waals surface area contributed by atoms with Crippen LogP contribution in [-0.4, -0.2) is 52.2 Å². The van der Waals surface area contributed by atoms with Crippen molar-refractivity contribution >= 4 is 0 Å². The fourth-order valence-corrected chi connectivity index (χ4v) is 2.72. The second-order valence-corrected chi connectivity index (χ2v) is 5.60. The lowest BCUT2D eigenvalue weighted by atomic mass is 10.5. The minimum Gasteiger partial charge on any atom is -0.276 e. The first-order valence-electron chi connectivity index (χ1n) is 8.35. The maximum atomic E-state index is 4.31. The van der Waals surface area contributed by atoms with Crippen LogP contribution in [0, 0.1) is 0 Å². The highest BCUT2D eigenvalue weighted by Crippen LogP contribution is 2.05. The van der Waals surface area contributed by atoms with Crippen LogP contribution in [0.15, 0.2) is 73.8 Å². The highest BCUT2D eigenvalue weighted by Gasteiger charge is 2.15. The summed E-state index contributed by atoms with van der Waals surface area (Å²) in [5.41, 5.74) is 0. The third kappa shape index (κ3) is 3.55. The Labute approximate surface area is 150 Å². The molecule has 10 heteroatoms. The van der Waals surface area contributed by atoms with Gasteiger partial charge in [-0.25, -0.2) is 18.7 Å². The van der Waals surface area contributed by atoms with Gasteiger partial charge in [-0.1, -0.05) is 0 Å². The van der Waals surface area contributed by atoms with Crippen LogP contribution in [-0.2, 0) is 0 Å². The molecule has 0 atom stereocenters. The summed E-state index contributed by atoms with van der Waals surface area (Å²) in [7, 11) is 0. The van der Waals surface area contributed by atoms with Crippen molar-refractivity contribution < 1.29 is 0 Å². The maximum absolute atomic E-state index is 4.31. The second kappa shape index (κ2) is 7.76. The molecule has 0 aromatic carbocycles. The standard InChI is InChI=1S/C16H20N10/c1-5-19-23(11-1)15(24-12-2-6-20-24)17-9-10-18-16(25-13-3-7-21-25)26-14-4-8-22-26/h1-8,11-18H,9-10H2. The number of rotatable bonds is 9. The molecule has 4 aromatic rings. The number of nitrogens with zero attached hydrogens (tertiary/aromatic N) is 8. The van der Waals surface area contributed by atoms with Gasteiger partial charge >= 0.3 is 0 Å². The molecule has 134 valence electrons. The van der Waals surface area contributed by atoms with Gasteiger partial charge in [-0.3, -0.25) is 10.6 Å². The Kier molecular flexibility index (Phi) is 4.85. The minimum atomic E-state index is -0.186. The van der Waals surface area contributed by atoms with Crippen LogP contribution in [0.4, 0.5) is 0 Å². The Morgan fingerprint density at radius 1 is 0.538 bits per heavy atom. The van der Waals surface area contributed by atoms with Crippen LogP contribution in [0.1, 0.15) is 12.6 Å². The molecule has 0 amide bonds. The van der Waals surface area contributed by atoms with E-state index in [1.165, 1.54) is 0 Å². The molecule has 2 N–H and O–H groups in total. The fourth-order valence-electron chi connectivity index (χ4n) is 2.72. The molecule has 10 nitrogen and oxygen atoms in total. The van der Waals surface area contributed by atoms with E-state index in [-0.39, 0.29) is 12.6 Å². The summed E-state index contributed by atoms with van der Waals surface area (Å²) < 4.78 is 7.30. The summed E-state index contributed by atoms with van der Waals surface area (Å²) in [4.78, 5) is 0. The van der Waals surface area contributed by atoms with E-state index < -0.39 is 0 Å². The van der Waals surface area contributed by atoms with Crippen LogP contribution in [0.5, 0.6) is 0 Å². The Morgan fingerprint density at radius 2 is 0.846 bits per heavy atom. The smallest absolute Gasteiger partial charge is 0.197 e. The van der Waals surface area contributed by atoms with Crippen molar-refractivity contribution in [2.75, 3.05) is 13.1 Å². The molecule has 26 heavy (non-hydrogen) atoms. The maximum Gasteiger partial charge on any atom is 0.197 e. The molecule has 0 radical (unpaired) electrons. The van der Waals surface area contributed by atoms with Crippen LogP contribution in [0.3, 0.4) is 0 Å². The lowest BCUT2D eigenvalue weighted by Gasteiger charge is -2.22. The Bertz CT molecular complexity index is 706. The zero-order chi connectivity index (χ0) is 17.6. The normalized spacial score (nSPS) is 11.6. The van der Waals surface area contributed by atoms with Gasteiger partial charge in [-0.15, -0.1) is 0 Å². The quantitative estimate of drug-likeness (QED) is 0.422. The highest BCUT2D eigenvalue weighted by atomic mass is 15.5. The van der Waals surface area contributed by atoms with E-state index >= 15 is 0 Å². The zero-order valence-corrected chi connectivity index (χ0v) is 14.1. The van der Waals surface area contributed by atoms with Gasteiger partial charge in [0.2, 0.25) is 0 Å². The number of nitrogens with one attached hydrogen (secondary N) is 2. The molecule has 0 aliphatic carbocycles. The molecule has 0 aliphatic rings. The molecular weight excluding hydrogens is 332 g/mol. The molecule has 4 heterocycles. The molecule has 0 fully saturated rings. The Hall–Kier alpha value is -3.24. The lowest BCUT2D eigenvalue weighted by Crippen LogP contribution is -2.41. The van der Waals surface area contributed by atoms with E-state index in [1.54, 1.807) is 24.8 Å². The summed E-state index contributed by atoms with van der Waals surface area (Å²) >= 11 is 0. The number of hydrogen-bond acceptors (Lipinski definition) is 6. The van der Waals surface area contributed by atoms with Crippen molar-refractivity contribution in [3.05, 3.63) is 73.8 Å². The predicted molar refractivity (Wildman–Crippen MR) is 93.8 cm³/mol. The fraction of sp³-hybridized carbons (Fsp3) is 0.250. The van der Waals surface area contributed by atoms with Gasteiger partial charge in [-0.05, 0) is 24.3 Å². The van der Waals surface area contributed by atoms with Crippen molar-refractivity contribution in [3.63, 3.8) is 0 Å². The van der Waals surface area contributed by atoms with Gasteiger partial charge in [0.05, 0.1) is 0 Å². The highest BCUT2D eigenvalue weighted by molar-refractivity contribution is 4.87. The van der Waals surface area contributed by atoms with Crippen molar-refractivity contribution in [1.82, 2.24) is 49.8 Å². The molecule has 4 rings (SSSR count). The van der Waals surface area contributed by atoms with Gasteiger partial charge in [0.25, 0.3) is 0 Å². The van der Waals surface area contributed by atoms with Crippen LogP contribution in [0.2, 0.25) is 0 Å². The molecule has 0 bridgehead atoms. The molecule has 4 aromatic heterocycles. The van der Waals surface area contributed by atoms with Crippen LogP contribution < -0.4 is 10.6 Å². The van der Waals surface area contributed by atoms with Gasteiger partial charge in [0.15, 0.2) is 12.6 Å². The summed E-state index contributed by atoms with van der Waals surface area (Å²) in [5, 5.41) is 24.1. The van der Waals surface area contributed by atoms with Crippen molar-refractivity contribution in [3.8, 4) is 0 Å². The molecule has 0 spiro atoms. The average Bonchev–Trinajstić information content (AvgIpc) is 3.46. The van der Waals surface area contributed by atoms with E-state index in [0.717, 1.165) is 0 Å². The molecule has 0 saturated heterocycles.